The first kappa shape index (κ1) is 25.2. The lowest BCUT2D eigenvalue weighted by molar-refractivity contribution is 0.487. The van der Waals surface area contributed by atoms with Crippen molar-refractivity contribution in [2.75, 3.05) is 0 Å². The minimum Gasteiger partial charge on any atom is -0.456 e. The lowest BCUT2D eigenvalue weighted by atomic mass is 9.90. The monoisotopic (exact) mass is 586 g/mol. The highest BCUT2D eigenvalue weighted by Crippen LogP contribution is 2.48. The SMILES string of the molecule is c1ccc2c(c1)Oc1cccc3cc(-c4ccc(-c5ccc(-c6cccc7oc8c9ccccc9ccc8c67)cc5)cc4)cc-2c13. The molecule has 0 atom stereocenters. The van der Waals surface area contributed by atoms with Gasteiger partial charge in [-0.25, -0.2) is 0 Å². The molecule has 1 aromatic heterocycles. The second kappa shape index (κ2) is 9.69. The van der Waals surface area contributed by atoms with Crippen molar-refractivity contribution < 1.29 is 9.15 Å². The topological polar surface area (TPSA) is 22.4 Å². The van der Waals surface area contributed by atoms with E-state index in [1.165, 1.54) is 55.1 Å². The highest BCUT2D eigenvalue weighted by molar-refractivity contribution is 6.19. The van der Waals surface area contributed by atoms with Crippen molar-refractivity contribution in [1.82, 2.24) is 0 Å². The van der Waals surface area contributed by atoms with E-state index in [2.05, 4.69) is 146 Å². The number of hydrogen-bond donors (Lipinski definition) is 0. The smallest absolute Gasteiger partial charge is 0.143 e. The molecule has 0 saturated carbocycles. The zero-order valence-electron chi connectivity index (χ0n) is 24.8. The van der Waals surface area contributed by atoms with Gasteiger partial charge in [-0.15, -0.1) is 0 Å². The van der Waals surface area contributed by atoms with E-state index >= 15 is 0 Å². The number of benzene rings is 8. The molecule has 1 aliphatic rings. The molecule has 0 spiro atoms. The van der Waals surface area contributed by atoms with Crippen molar-refractivity contribution >= 4 is 43.5 Å². The normalized spacial score (nSPS) is 12.1. The fourth-order valence-corrected chi connectivity index (χ4v) is 7.25. The molecule has 2 heteroatoms. The van der Waals surface area contributed by atoms with Gasteiger partial charge < -0.3 is 9.15 Å². The van der Waals surface area contributed by atoms with Crippen LogP contribution in [-0.2, 0) is 0 Å². The molecular formula is C44H26O2. The summed E-state index contributed by atoms with van der Waals surface area (Å²) in [5.41, 5.74) is 11.4. The van der Waals surface area contributed by atoms with Crippen LogP contribution in [0.15, 0.2) is 162 Å². The van der Waals surface area contributed by atoms with Crippen LogP contribution in [0.25, 0.3) is 88.0 Å². The molecule has 0 saturated heterocycles. The van der Waals surface area contributed by atoms with E-state index in [9.17, 15) is 0 Å². The van der Waals surface area contributed by atoms with Gasteiger partial charge in [0.25, 0.3) is 0 Å². The number of hydrogen-bond acceptors (Lipinski definition) is 2. The van der Waals surface area contributed by atoms with Crippen LogP contribution in [-0.4, -0.2) is 0 Å². The largest absolute Gasteiger partial charge is 0.456 e. The molecule has 0 aliphatic carbocycles. The molecule has 214 valence electrons. The molecule has 10 rings (SSSR count). The third-order valence-electron chi connectivity index (χ3n) is 9.47. The molecule has 0 radical (unpaired) electrons. The maximum absolute atomic E-state index is 6.43. The van der Waals surface area contributed by atoms with E-state index in [1.807, 2.05) is 12.1 Å². The van der Waals surface area contributed by atoms with E-state index in [1.54, 1.807) is 0 Å². The Labute approximate surface area is 265 Å². The van der Waals surface area contributed by atoms with Gasteiger partial charge in [0.05, 0.1) is 0 Å². The molecule has 46 heavy (non-hydrogen) atoms. The Balaban J connectivity index is 1.01. The van der Waals surface area contributed by atoms with Crippen molar-refractivity contribution in [2.24, 2.45) is 0 Å². The van der Waals surface area contributed by atoms with Crippen molar-refractivity contribution in [1.29, 1.82) is 0 Å². The summed E-state index contributed by atoms with van der Waals surface area (Å²) in [6, 6.07) is 56.1. The Hall–Kier alpha value is -6.12. The Morgan fingerprint density at radius 1 is 0.348 bits per heavy atom. The third kappa shape index (κ3) is 3.77. The predicted octanol–water partition coefficient (Wildman–Crippen LogP) is 12.7. The van der Waals surface area contributed by atoms with Gasteiger partial charge in [0.2, 0.25) is 0 Å². The summed E-state index contributed by atoms with van der Waals surface area (Å²) in [6.45, 7) is 0. The average Bonchev–Trinajstić information content (AvgIpc) is 3.52. The summed E-state index contributed by atoms with van der Waals surface area (Å²) >= 11 is 0. The number of fused-ring (bicyclic) bond motifs is 7. The summed E-state index contributed by atoms with van der Waals surface area (Å²) in [4.78, 5) is 0. The van der Waals surface area contributed by atoms with Crippen LogP contribution in [0.1, 0.15) is 0 Å². The summed E-state index contributed by atoms with van der Waals surface area (Å²) in [5.74, 6) is 1.83. The molecule has 0 bridgehead atoms. The van der Waals surface area contributed by atoms with Crippen LogP contribution in [0.5, 0.6) is 11.5 Å². The molecule has 0 fully saturated rings. The summed E-state index contributed by atoms with van der Waals surface area (Å²) in [6.07, 6.45) is 0. The van der Waals surface area contributed by atoms with E-state index in [0.29, 0.717) is 0 Å². The van der Waals surface area contributed by atoms with E-state index < -0.39 is 0 Å². The van der Waals surface area contributed by atoms with Crippen molar-refractivity contribution in [2.45, 2.75) is 0 Å². The fourth-order valence-electron chi connectivity index (χ4n) is 7.25. The molecular weight excluding hydrogens is 560 g/mol. The number of furan rings is 1. The highest BCUT2D eigenvalue weighted by Gasteiger charge is 2.21. The van der Waals surface area contributed by atoms with Gasteiger partial charge in [0.1, 0.15) is 22.7 Å². The highest BCUT2D eigenvalue weighted by atomic mass is 16.5. The quantitative estimate of drug-likeness (QED) is 0.205. The van der Waals surface area contributed by atoms with E-state index in [0.717, 1.165) is 44.4 Å². The third-order valence-corrected chi connectivity index (χ3v) is 9.47. The summed E-state index contributed by atoms with van der Waals surface area (Å²) in [5, 5.41) is 7.01. The maximum Gasteiger partial charge on any atom is 0.143 e. The van der Waals surface area contributed by atoms with Crippen LogP contribution in [0, 0.1) is 0 Å². The molecule has 1 aliphatic heterocycles. The fraction of sp³-hybridized carbons (Fsp3) is 0. The number of para-hydroxylation sites is 1. The second-order valence-corrected chi connectivity index (χ2v) is 12.1. The Morgan fingerprint density at radius 2 is 1.00 bits per heavy atom. The van der Waals surface area contributed by atoms with Crippen molar-refractivity contribution in [3.05, 3.63) is 158 Å². The Kier molecular flexibility index (Phi) is 5.31. The second-order valence-electron chi connectivity index (χ2n) is 12.1. The molecule has 2 nitrogen and oxygen atoms in total. The van der Waals surface area contributed by atoms with Gasteiger partial charge in [0.15, 0.2) is 0 Å². The van der Waals surface area contributed by atoms with Crippen LogP contribution in [0.3, 0.4) is 0 Å². The average molecular weight is 587 g/mol. The minimum absolute atomic E-state index is 0.907. The Morgan fingerprint density at radius 3 is 1.85 bits per heavy atom. The zero-order chi connectivity index (χ0) is 30.2. The molecule has 0 unspecified atom stereocenters. The van der Waals surface area contributed by atoms with Gasteiger partial charge in [-0.05, 0) is 86.1 Å². The van der Waals surface area contributed by atoms with E-state index in [-0.39, 0.29) is 0 Å². The Bertz CT molecular complexity index is 2640. The predicted molar refractivity (Wildman–Crippen MR) is 191 cm³/mol. The van der Waals surface area contributed by atoms with Crippen molar-refractivity contribution in [3.8, 4) is 56.0 Å². The first-order valence-corrected chi connectivity index (χ1v) is 15.7. The van der Waals surface area contributed by atoms with E-state index in [4.69, 9.17) is 9.15 Å². The lowest BCUT2D eigenvalue weighted by Crippen LogP contribution is -1.97. The van der Waals surface area contributed by atoms with Gasteiger partial charge >= 0.3 is 0 Å². The lowest BCUT2D eigenvalue weighted by Gasteiger charge is -2.22. The summed E-state index contributed by atoms with van der Waals surface area (Å²) in [7, 11) is 0. The standard InChI is InChI=1S/C44H26O2/c1-2-9-35-30(7-1)23-24-37-43-34(11-6-14-41(43)46-44(35)37)31-21-19-28(20-22-31)27-15-17-29(18-16-27)33-25-32-8-5-13-40-42(32)38(26-33)36-10-3-4-12-39(36)45-40/h1-26H. The van der Waals surface area contributed by atoms with Crippen molar-refractivity contribution in [3.63, 3.8) is 0 Å². The zero-order valence-corrected chi connectivity index (χ0v) is 24.8. The van der Waals surface area contributed by atoms with Crippen LogP contribution < -0.4 is 4.74 Å². The van der Waals surface area contributed by atoms with Crippen LogP contribution in [0.2, 0.25) is 0 Å². The van der Waals surface area contributed by atoms with Gasteiger partial charge in [-0.3, -0.25) is 0 Å². The number of rotatable bonds is 3. The first-order chi connectivity index (χ1) is 22.8. The molecule has 8 aromatic carbocycles. The minimum atomic E-state index is 0.907. The molecule has 2 heterocycles. The molecule has 0 N–H and O–H groups in total. The first-order valence-electron chi connectivity index (χ1n) is 15.7. The van der Waals surface area contributed by atoms with Crippen LogP contribution in [0.4, 0.5) is 0 Å². The summed E-state index contributed by atoms with van der Waals surface area (Å²) < 4.78 is 12.7. The van der Waals surface area contributed by atoms with Gasteiger partial charge in [-0.2, -0.15) is 0 Å². The van der Waals surface area contributed by atoms with Gasteiger partial charge in [0, 0.05) is 27.1 Å². The molecule has 0 amide bonds. The van der Waals surface area contributed by atoms with Crippen LogP contribution >= 0.6 is 0 Å². The van der Waals surface area contributed by atoms with Gasteiger partial charge in [-0.1, -0.05) is 121 Å². The number of ether oxygens (including phenoxy) is 1. The maximum atomic E-state index is 6.43. The molecule has 9 aromatic rings.